The Labute approximate surface area is 179 Å². The molecule has 0 aliphatic heterocycles. The maximum absolute atomic E-state index is 12.2. The zero-order valence-corrected chi connectivity index (χ0v) is 17.9. The second-order valence-electron chi connectivity index (χ2n) is 5.79. The van der Waals surface area contributed by atoms with Gasteiger partial charge in [-0.2, -0.15) is 0 Å². The molecule has 0 aliphatic rings. The smallest absolute Gasteiger partial charge is 0.338 e. The highest BCUT2D eigenvalue weighted by Gasteiger charge is 2.15. The van der Waals surface area contributed by atoms with E-state index in [0.717, 1.165) is 10.0 Å². The summed E-state index contributed by atoms with van der Waals surface area (Å²) in [5.41, 5.74) is 1.81. The second kappa shape index (κ2) is 9.57. The number of nitrogens with one attached hydrogen (secondary N) is 1. The molecule has 8 nitrogen and oxygen atoms in total. The largest absolute Gasteiger partial charge is 0.462 e. The Morgan fingerprint density at radius 1 is 1.17 bits per heavy atom. The number of nitrogens with zero attached hydrogens (tertiary/aromatic N) is 3. The average molecular weight is 476 g/mol. The van der Waals surface area contributed by atoms with Crippen LogP contribution in [0.4, 0.5) is 5.69 Å². The van der Waals surface area contributed by atoms with Gasteiger partial charge in [0, 0.05) is 15.7 Å². The molecule has 0 radical (unpaired) electrons. The quantitative estimate of drug-likeness (QED) is 0.306. The Kier molecular flexibility index (Phi) is 6.89. The molecular weight excluding hydrogens is 458 g/mol. The molecule has 1 heterocycles. The van der Waals surface area contributed by atoms with Crippen molar-refractivity contribution in [3.63, 3.8) is 0 Å². The Morgan fingerprint density at radius 2 is 1.90 bits per heavy atom. The molecule has 0 unspecified atom stereocenters. The van der Waals surface area contributed by atoms with Gasteiger partial charge in [0.15, 0.2) is 5.82 Å². The van der Waals surface area contributed by atoms with E-state index in [1.165, 1.54) is 16.4 Å². The van der Waals surface area contributed by atoms with E-state index >= 15 is 0 Å². The Bertz CT molecular complexity index is 1020. The van der Waals surface area contributed by atoms with Gasteiger partial charge in [-0.25, -0.2) is 9.47 Å². The van der Waals surface area contributed by atoms with Gasteiger partial charge in [-0.05, 0) is 43.3 Å². The second-order valence-corrected chi connectivity index (χ2v) is 7.59. The van der Waals surface area contributed by atoms with E-state index in [0.29, 0.717) is 28.8 Å². The number of ether oxygens (including phenoxy) is 1. The van der Waals surface area contributed by atoms with E-state index in [1.54, 1.807) is 31.2 Å². The first-order valence-corrected chi connectivity index (χ1v) is 10.4. The van der Waals surface area contributed by atoms with Crippen molar-refractivity contribution < 1.29 is 14.3 Å². The number of benzene rings is 2. The molecule has 3 aromatic rings. The number of carbonyl (C=O) groups is 2. The average Bonchev–Trinajstić information content (AvgIpc) is 3.08. The van der Waals surface area contributed by atoms with Crippen molar-refractivity contribution in [2.45, 2.75) is 12.1 Å². The number of nitrogens with two attached hydrogens (primary N) is 1. The highest BCUT2D eigenvalue weighted by Crippen LogP contribution is 2.27. The van der Waals surface area contributed by atoms with Gasteiger partial charge in [-0.15, -0.1) is 10.2 Å². The number of nitrogen functional groups attached to an aromatic ring is 1. The number of esters is 1. The first-order valence-electron chi connectivity index (χ1n) is 8.64. The maximum atomic E-state index is 12.2. The van der Waals surface area contributed by atoms with Crippen LogP contribution < -0.4 is 11.2 Å². The molecule has 2 aromatic carbocycles. The predicted octanol–water partition coefficient (Wildman–Crippen LogP) is 3.33. The zero-order chi connectivity index (χ0) is 20.8. The molecule has 0 saturated heterocycles. The van der Waals surface area contributed by atoms with Gasteiger partial charge in [0.25, 0.3) is 0 Å². The number of amides is 1. The Balaban J connectivity index is 1.59. The van der Waals surface area contributed by atoms with Gasteiger partial charge < -0.3 is 15.9 Å². The van der Waals surface area contributed by atoms with E-state index in [9.17, 15) is 9.59 Å². The minimum atomic E-state index is -0.399. The molecule has 0 saturated carbocycles. The molecule has 3 N–H and O–H groups in total. The van der Waals surface area contributed by atoms with E-state index in [-0.39, 0.29) is 11.7 Å². The molecule has 1 aromatic heterocycles. The van der Waals surface area contributed by atoms with Gasteiger partial charge >= 0.3 is 5.97 Å². The van der Waals surface area contributed by atoms with Crippen LogP contribution in [0.1, 0.15) is 17.3 Å². The predicted molar refractivity (Wildman–Crippen MR) is 115 cm³/mol. The number of halogens is 1. The highest BCUT2D eigenvalue weighted by atomic mass is 79.9. The van der Waals surface area contributed by atoms with Gasteiger partial charge in [0.2, 0.25) is 11.1 Å². The van der Waals surface area contributed by atoms with Crippen molar-refractivity contribution in [3.05, 3.63) is 58.6 Å². The third-order valence-corrected chi connectivity index (χ3v) is 5.43. The van der Waals surface area contributed by atoms with Crippen molar-refractivity contribution in [2.24, 2.45) is 0 Å². The SMILES string of the molecule is CCOC(=O)c1ccc(NC(=O)CSc2nnc(-c3ccccc3Br)n2N)cc1. The number of carbonyl (C=O) groups excluding carboxylic acids is 2. The van der Waals surface area contributed by atoms with Crippen LogP contribution in [0.15, 0.2) is 58.2 Å². The summed E-state index contributed by atoms with van der Waals surface area (Å²) in [5, 5.41) is 11.4. The Morgan fingerprint density at radius 3 is 2.59 bits per heavy atom. The number of hydrogen-bond acceptors (Lipinski definition) is 7. The molecule has 150 valence electrons. The summed E-state index contributed by atoms with van der Waals surface area (Å²) in [6.45, 7) is 2.05. The van der Waals surface area contributed by atoms with Crippen LogP contribution in [-0.2, 0) is 9.53 Å². The van der Waals surface area contributed by atoms with E-state index < -0.39 is 5.97 Å². The summed E-state index contributed by atoms with van der Waals surface area (Å²) in [6, 6.07) is 14.0. The van der Waals surface area contributed by atoms with Gasteiger partial charge in [0.1, 0.15) is 0 Å². The fraction of sp³-hybridized carbons (Fsp3) is 0.158. The summed E-state index contributed by atoms with van der Waals surface area (Å²) in [5.74, 6) is 6.05. The van der Waals surface area contributed by atoms with Gasteiger partial charge in [-0.1, -0.05) is 39.8 Å². The number of hydrogen-bond donors (Lipinski definition) is 2. The van der Waals surface area contributed by atoms with E-state index in [4.69, 9.17) is 10.6 Å². The standard InChI is InChI=1S/C19H18BrN5O3S/c1-2-28-18(27)12-7-9-13(10-8-12)22-16(26)11-29-19-24-23-17(25(19)21)14-5-3-4-6-15(14)20/h3-10H,2,11,21H2,1H3,(H,22,26). The van der Waals surface area contributed by atoms with Crippen LogP contribution in [0.25, 0.3) is 11.4 Å². The topological polar surface area (TPSA) is 112 Å². The lowest BCUT2D eigenvalue weighted by Gasteiger charge is -2.07. The summed E-state index contributed by atoms with van der Waals surface area (Å²) in [6.07, 6.45) is 0. The fourth-order valence-corrected chi connectivity index (χ4v) is 3.55. The lowest BCUT2D eigenvalue weighted by molar-refractivity contribution is -0.113. The van der Waals surface area contributed by atoms with Crippen LogP contribution in [-0.4, -0.2) is 39.1 Å². The molecule has 0 bridgehead atoms. The molecular formula is C19H18BrN5O3S. The van der Waals surface area contributed by atoms with Crippen LogP contribution in [0.3, 0.4) is 0 Å². The van der Waals surface area contributed by atoms with Crippen molar-refractivity contribution in [3.8, 4) is 11.4 Å². The van der Waals surface area contributed by atoms with Gasteiger partial charge in [0.05, 0.1) is 17.9 Å². The van der Waals surface area contributed by atoms with Crippen LogP contribution in [0.2, 0.25) is 0 Å². The Hall–Kier alpha value is -2.85. The number of aromatic nitrogens is 3. The van der Waals surface area contributed by atoms with Crippen LogP contribution >= 0.6 is 27.7 Å². The summed E-state index contributed by atoms with van der Waals surface area (Å²) >= 11 is 4.64. The first kappa shape index (κ1) is 20.9. The van der Waals surface area contributed by atoms with E-state index in [1.807, 2.05) is 24.3 Å². The van der Waals surface area contributed by atoms with Crippen molar-refractivity contribution in [2.75, 3.05) is 23.5 Å². The summed E-state index contributed by atoms with van der Waals surface area (Å²) < 4.78 is 7.13. The molecule has 0 spiro atoms. The molecule has 3 rings (SSSR count). The minimum absolute atomic E-state index is 0.102. The van der Waals surface area contributed by atoms with Gasteiger partial charge in [-0.3, -0.25) is 4.79 Å². The number of anilines is 1. The number of thioether (sulfide) groups is 1. The summed E-state index contributed by atoms with van der Waals surface area (Å²) in [4.78, 5) is 23.9. The maximum Gasteiger partial charge on any atom is 0.338 e. The third-order valence-electron chi connectivity index (χ3n) is 3.79. The zero-order valence-electron chi connectivity index (χ0n) is 15.5. The monoisotopic (exact) mass is 475 g/mol. The van der Waals surface area contributed by atoms with Crippen molar-refractivity contribution in [1.29, 1.82) is 0 Å². The molecule has 0 fully saturated rings. The third kappa shape index (κ3) is 5.15. The molecule has 0 aliphatic carbocycles. The molecule has 10 heteroatoms. The number of rotatable bonds is 7. The summed E-state index contributed by atoms with van der Waals surface area (Å²) in [7, 11) is 0. The van der Waals surface area contributed by atoms with Crippen molar-refractivity contribution in [1.82, 2.24) is 14.9 Å². The molecule has 29 heavy (non-hydrogen) atoms. The van der Waals surface area contributed by atoms with Crippen LogP contribution in [0, 0.1) is 0 Å². The van der Waals surface area contributed by atoms with Crippen LogP contribution in [0.5, 0.6) is 0 Å². The minimum Gasteiger partial charge on any atom is -0.462 e. The van der Waals surface area contributed by atoms with E-state index in [2.05, 4.69) is 31.4 Å². The highest BCUT2D eigenvalue weighted by molar-refractivity contribution is 9.10. The first-order chi connectivity index (χ1) is 14.0. The molecule has 1 amide bonds. The molecule has 0 atom stereocenters. The normalized spacial score (nSPS) is 10.6. The lowest BCUT2D eigenvalue weighted by Crippen LogP contribution is -2.16. The fourth-order valence-electron chi connectivity index (χ4n) is 2.43. The van der Waals surface area contributed by atoms with Crippen molar-refractivity contribution >= 4 is 45.3 Å². The lowest BCUT2D eigenvalue weighted by atomic mass is 10.2.